The van der Waals surface area contributed by atoms with Gasteiger partial charge in [0.05, 0.1) is 6.04 Å². The number of carbonyl (C=O) groups is 1. The van der Waals surface area contributed by atoms with Crippen LogP contribution in [-0.2, 0) is 11.3 Å². The normalized spacial score (nSPS) is 21.8. The standard InChI is InChI=1S/C25H32N2O2/c1-18-7-6-8-19(15-18)17-27-13-11-20(12-14-27)24(28)26-22-16-25(2,3)29-23-10-5-4-9-21(22)23/h4-10,15,20,22H,11-14,16-17H2,1-3H3,(H,26,28)/t22-/m0/s1. The number of carbonyl (C=O) groups excluding carboxylic acids is 1. The fraction of sp³-hybridized carbons (Fsp3) is 0.480. The molecule has 0 aliphatic carbocycles. The highest BCUT2D eigenvalue weighted by molar-refractivity contribution is 5.79. The molecule has 4 rings (SSSR count). The minimum Gasteiger partial charge on any atom is -0.487 e. The number of nitrogens with one attached hydrogen (secondary N) is 1. The van der Waals surface area contributed by atoms with Crippen LogP contribution in [0, 0.1) is 12.8 Å². The van der Waals surface area contributed by atoms with Gasteiger partial charge in [-0.25, -0.2) is 0 Å². The Bertz CT molecular complexity index is 869. The van der Waals surface area contributed by atoms with Crippen LogP contribution in [0.15, 0.2) is 48.5 Å². The molecule has 1 atom stereocenters. The second-order valence-corrected chi connectivity index (χ2v) is 9.20. The largest absolute Gasteiger partial charge is 0.487 e. The van der Waals surface area contributed by atoms with E-state index in [1.54, 1.807) is 0 Å². The highest BCUT2D eigenvalue weighted by Crippen LogP contribution is 2.39. The Morgan fingerprint density at radius 1 is 1.14 bits per heavy atom. The molecule has 2 aliphatic heterocycles. The van der Waals surface area contributed by atoms with Crippen LogP contribution in [0.25, 0.3) is 0 Å². The van der Waals surface area contributed by atoms with Crippen molar-refractivity contribution in [2.24, 2.45) is 5.92 Å². The molecule has 0 radical (unpaired) electrons. The van der Waals surface area contributed by atoms with E-state index in [9.17, 15) is 4.79 Å². The molecule has 1 saturated heterocycles. The maximum Gasteiger partial charge on any atom is 0.223 e. The third-order valence-electron chi connectivity index (χ3n) is 6.14. The summed E-state index contributed by atoms with van der Waals surface area (Å²) in [7, 11) is 0. The fourth-order valence-corrected chi connectivity index (χ4v) is 4.64. The summed E-state index contributed by atoms with van der Waals surface area (Å²) in [6.07, 6.45) is 2.64. The zero-order valence-electron chi connectivity index (χ0n) is 17.8. The monoisotopic (exact) mass is 392 g/mol. The third-order valence-corrected chi connectivity index (χ3v) is 6.14. The minimum atomic E-state index is -0.274. The van der Waals surface area contributed by atoms with Crippen LogP contribution in [-0.4, -0.2) is 29.5 Å². The molecule has 1 fully saturated rings. The highest BCUT2D eigenvalue weighted by Gasteiger charge is 2.35. The molecule has 0 spiro atoms. The molecule has 0 unspecified atom stereocenters. The van der Waals surface area contributed by atoms with Gasteiger partial charge < -0.3 is 10.1 Å². The van der Waals surface area contributed by atoms with Gasteiger partial charge in [0.25, 0.3) is 0 Å². The second-order valence-electron chi connectivity index (χ2n) is 9.20. The number of aryl methyl sites for hydroxylation is 1. The molecule has 1 N–H and O–H groups in total. The Labute approximate surface area is 174 Å². The summed E-state index contributed by atoms with van der Waals surface area (Å²) in [5.74, 6) is 1.18. The van der Waals surface area contributed by atoms with Crippen molar-refractivity contribution in [3.8, 4) is 5.75 Å². The lowest BCUT2D eigenvalue weighted by atomic mass is 9.88. The maximum atomic E-state index is 13.0. The van der Waals surface area contributed by atoms with Gasteiger partial charge in [0, 0.05) is 24.4 Å². The van der Waals surface area contributed by atoms with Crippen molar-refractivity contribution in [2.45, 2.75) is 58.2 Å². The van der Waals surface area contributed by atoms with Crippen LogP contribution in [0.1, 0.15) is 55.8 Å². The molecule has 2 heterocycles. The predicted molar refractivity (Wildman–Crippen MR) is 116 cm³/mol. The quantitative estimate of drug-likeness (QED) is 0.825. The van der Waals surface area contributed by atoms with E-state index in [0.29, 0.717) is 0 Å². The van der Waals surface area contributed by atoms with Crippen molar-refractivity contribution < 1.29 is 9.53 Å². The highest BCUT2D eigenvalue weighted by atomic mass is 16.5. The molecular formula is C25H32N2O2. The first kappa shape index (κ1) is 20.0. The van der Waals surface area contributed by atoms with Gasteiger partial charge in [-0.15, -0.1) is 0 Å². The van der Waals surface area contributed by atoms with E-state index in [2.05, 4.69) is 61.3 Å². The van der Waals surface area contributed by atoms with Crippen LogP contribution >= 0.6 is 0 Å². The first-order chi connectivity index (χ1) is 13.9. The summed E-state index contributed by atoms with van der Waals surface area (Å²) in [6.45, 7) is 9.23. The summed E-state index contributed by atoms with van der Waals surface area (Å²) in [5.41, 5.74) is 3.48. The van der Waals surface area contributed by atoms with Crippen molar-refractivity contribution >= 4 is 5.91 Å². The van der Waals surface area contributed by atoms with Gasteiger partial charge in [-0.3, -0.25) is 9.69 Å². The number of piperidine rings is 1. The van der Waals surface area contributed by atoms with Crippen LogP contribution in [0.5, 0.6) is 5.75 Å². The van der Waals surface area contributed by atoms with Gasteiger partial charge in [0.1, 0.15) is 11.4 Å². The zero-order chi connectivity index (χ0) is 20.4. The number of benzene rings is 2. The molecule has 0 bridgehead atoms. The Balaban J connectivity index is 1.34. The topological polar surface area (TPSA) is 41.6 Å². The van der Waals surface area contributed by atoms with Crippen molar-refractivity contribution in [2.75, 3.05) is 13.1 Å². The van der Waals surface area contributed by atoms with Crippen LogP contribution in [0.2, 0.25) is 0 Å². The van der Waals surface area contributed by atoms with E-state index >= 15 is 0 Å². The Hall–Kier alpha value is -2.33. The van der Waals surface area contributed by atoms with Gasteiger partial charge >= 0.3 is 0 Å². The Morgan fingerprint density at radius 2 is 1.90 bits per heavy atom. The molecule has 154 valence electrons. The number of hydrogen-bond donors (Lipinski definition) is 1. The van der Waals surface area contributed by atoms with Crippen LogP contribution in [0.4, 0.5) is 0 Å². The van der Waals surface area contributed by atoms with Crippen molar-refractivity contribution in [3.05, 3.63) is 65.2 Å². The Morgan fingerprint density at radius 3 is 2.66 bits per heavy atom. The first-order valence-electron chi connectivity index (χ1n) is 10.8. The first-order valence-corrected chi connectivity index (χ1v) is 10.8. The molecular weight excluding hydrogens is 360 g/mol. The minimum absolute atomic E-state index is 0.0211. The fourth-order valence-electron chi connectivity index (χ4n) is 4.64. The molecule has 4 nitrogen and oxygen atoms in total. The number of fused-ring (bicyclic) bond motifs is 1. The average molecular weight is 393 g/mol. The number of ether oxygens (including phenoxy) is 1. The Kier molecular flexibility index (Phi) is 5.64. The number of para-hydroxylation sites is 1. The number of rotatable bonds is 4. The molecule has 2 aliphatic rings. The molecule has 29 heavy (non-hydrogen) atoms. The van der Waals surface area contributed by atoms with Crippen molar-refractivity contribution in [1.82, 2.24) is 10.2 Å². The lowest BCUT2D eigenvalue weighted by Gasteiger charge is -2.39. The SMILES string of the molecule is Cc1cccc(CN2CCC(C(=O)N[C@H]3CC(C)(C)Oc4ccccc43)CC2)c1. The summed E-state index contributed by atoms with van der Waals surface area (Å²) in [6, 6.07) is 16.8. The molecule has 2 aromatic carbocycles. The summed E-state index contributed by atoms with van der Waals surface area (Å²) >= 11 is 0. The van der Waals surface area contributed by atoms with E-state index in [0.717, 1.165) is 50.2 Å². The van der Waals surface area contributed by atoms with Gasteiger partial charge in [-0.1, -0.05) is 48.0 Å². The number of nitrogens with zero attached hydrogens (tertiary/aromatic N) is 1. The zero-order valence-corrected chi connectivity index (χ0v) is 17.8. The molecule has 1 amide bonds. The van der Waals surface area contributed by atoms with E-state index < -0.39 is 0 Å². The lowest BCUT2D eigenvalue weighted by Crippen LogP contribution is -2.45. The molecule has 4 heteroatoms. The molecule has 0 saturated carbocycles. The van der Waals surface area contributed by atoms with E-state index in [4.69, 9.17) is 4.74 Å². The lowest BCUT2D eigenvalue weighted by molar-refractivity contribution is -0.127. The van der Waals surface area contributed by atoms with Crippen molar-refractivity contribution in [1.29, 1.82) is 0 Å². The smallest absolute Gasteiger partial charge is 0.223 e. The van der Waals surface area contributed by atoms with Gasteiger partial charge in [0.2, 0.25) is 5.91 Å². The van der Waals surface area contributed by atoms with E-state index in [1.807, 2.05) is 18.2 Å². The van der Waals surface area contributed by atoms with Crippen molar-refractivity contribution in [3.63, 3.8) is 0 Å². The van der Waals surface area contributed by atoms with Gasteiger partial charge in [-0.2, -0.15) is 0 Å². The van der Waals surface area contributed by atoms with Gasteiger partial charge in [-0.05, 0) is 58.3 Å². The number of amides is 1. The molecule has 2 aromatic rings. The summed E-state index contributed by atoms with van der Waals surface area (Å²) in [4.78, 5) is 15.5. The molecule has 0 aromatic heterocycles. The van der Waals surface area contributed by atoms with E-state index in [1.165, 1.54) is 11.1 Å². The van der Waals surface area contributed by atoms with Gasteiger partial charge in [0.15, 0.2) is 0 Å². The average Bonchev–Trinajstić information content (AvgIpc) is 2.67. The third kappa shape index (κ3) is 4.81. The van der Waals surface area contributed by atoms with Crippen LogP contribution < -0.4 is 10.1 Å². The summed E-state index contributed by atoms with van der Waals surface area (Å²) < 4.78 is 6.10. The number of likely N-dealkylation sites (tertiary alicyclic amines) is 1. The summed E-state index contributed by atoms with van der Waals surface area (Å²) in [5, 5.41) is 3.33. The second kappa shape index (κ2) is 8.19. The van der Waals surface area contributed by atoms with Crippen LogP contribution in [0.3, 0.4) is 0 Å². The van der Waals surface area contributed by atoms with E-state index in [-0.39, 0.29) is 23.5 Å². The predicted octanol–water partition coefficient (Wildman–Crippen LogP) is 4.63. The maximum absolute atomic E-state index is 13.0. The number of hydrogen-bond acceptors (Lipinski definition) is 3.